The number of piperidine rings is 1. The van der Waals surface area contributed by atoms with Crippen molar-refractivity contribution >= 4 is 17.8 Å². The molecule has 1 N–H and O–H groups in total. The van der Waals surface area contributed by atoms with Crippen molar-refractivity contribution in [2.45, 2.75) is 58.5 Å². The fourth-order valence-corrected chi connectivity index (χ4v) is 4.04. The van der Waals surface area contributed by atoms with Crippen LogP contribution in [-0.4, -0.2) is 46.3 Å². The van der Waals surface area contributed by atoms with Gasteiger partial charge in [-0.3, -0.25) is 14.5 Å². The van der Waals surface area contributed by atoms with Crippen molar-refractivity contribution < 1.29 is 14.4 Å². The van der Waals surface area contributed by atoms with E-state index in [9.17, 15) is 14.4 Å². The van der Waals surface area contributed by atoms with Crippen LogP contribution in [0.4, 0.5) is 4.79 Å². The van der Waals surface area contributed by atoms with E-state index in [2.05, 4.69) is 5.32 Å². The maximum atomic E-state index is 13.0. The Labute approximate surface area is 160 Å². The summed E-state index contributed by atoms with van der Waals surface area (Å²) in [5.74, 6) is 0.0526. The zero-order chi connectivity index (χ0) is 19.6. The first-order valence-electron chi connectivity index (χ1n) is 9.88. The predicted molar refractivity (Wildman–Crippen MR) is 103 cm³/mol. The number of likely N-dealkylation sites (tertiary alicyclic amines) is 1. The largest absolute Gasteiger partial charge is 0.342 e. The summed E-state index contributed by atoms with van der Waals surface area (Å²) in [6.07, 6.45) is 2.62. The van der Waals surface area contributed by atoms with Gasteiger partial charge in [0.1, 0.15) is 5.54 Å². The molecule has 0 aliphatic carbocycles. The van der Waals surface area contributed by atoms with Crippen LogP contribution in [0.3, 0.4) is 0 Å². The Morgan fingerprint density at radius 3 is 2.26 bits per heavy atom. The Morgan fingerprint density at radius 1 is 1.11 bits per heavy atom. The fourth-order valence-electron chi connectivity index (χ4n) is 4.04. The summed E-state index contributed by atoms with van der Waals surface area (Å²) in [5, 5.41) is 2.92. The first kappa shape index (κ1) is 19.4. The number of urea groups is 1. The molecule has 1 aromatic carbocycles. The third-order valence-electron chi connectivity index (χ3n) is 5.97. The normalized spacial score (nSPS) is 19.1. The Hall–Kier alpha value is -2.37. The predicted octanol–water partition coefficient (Wildman–Crippen LogP) is 2.84. The number of aryl methyl sites for hydroxylation is 1. The van der Waals surface area contributed by atoms with Crippen LogP contribution in [0.5, 0.6) is 0 Å². The minimum absolute atomic E-state index is 0.0472. The van der Waals surface area contributed by atoms with E-state index in [1.54, 1.807) is 0 Å². The molecule has 2 aliphatic heterocycles. The van der Waals surface area contributed by atoms with E-state index in [-0.39, 0.29) is 30.3 Å². The van der Waals surface area contributed by atoms with E-state index in [1.807, 2.05) is 49.9 Å². The van der Waals surface area contributed by atoms with Gasteiger partial charge >= 0.3 is 6.03 Å². The molecule has 0 atom stereocenters. The van der Waals surface area contributed by atoms with Crippen LogP contribution in [0.2, 0.25) is 0 Å². The van der Waals surface area contributed by atoms with Gasteiger partial charge in [-0.05, 0) is 38.2 Å². The molecule has 2 heterocycles. The molecule has 2 saturated heterocycles. The van der Waals surface area contributed by atoms with Crippen molar-refractivity contribution in [1.29, 1.82) is 0 Å². The van der Waals surface area contributed by atoms with Crippen molar-refractivity contribution in [2.24, 2.45) is 5.92 Å². The number of nitrogens with one attached hydrogen (secondary N) is 1. The standard InChI is InChI=1S/C21H29N3O3/c1-4-17(5-2)18(25)23-12-10-21(11-13-23)19(26)24(20(27)22-21)14-16-8-6-15(3)7-9-16/h6-9,17H,4-5,10-14H2,1-3H3,(H,22,27). The summed E-state index contributed by atoms with van der Waals surface area (Å²) >= 11 is 0. The summed E-state index contributed by atoms with van der Waals surface area (Å²) in [6, 6.07) is 7.51. The van der Waals surface area contributed by atoms with Crippen LogP contribution in [0.25, 0.3) is 0 Å². The monoisotopic (exact) mass is 371 g/mol. The second-order valence-corrected chi connectivity index (χ2v) is 7.73. The molecule has 3 rings (SSSR count). The smallest absolute Gasteiger partial charge is 0.325 e. The lowest BCUT2D eigenvalue weighted by Crippen LogP contribution is -2.56. The Morgan fingerprint density at radius 2 is 1.70 bits per heavy atom. The molecule has 0 bridgehead atoms. The molecule has 27 heavy (non-hydrogen) atoms. The first-order chi connectivity index (χ1) is 12.9. The summed E-state index contributed by atoms with van der Waals surface area (Å²) in [7, 11) is 0. The van der Waals surface area contributed by atoms with Crippen molar-refractivity contribution in [2.75, 3.05) is 13.1 Å². The third-order valence-corrected chi connectivity index (χ3v) is 5.97. The van der Waals surface area contributed by atoms with Crippen molar-refractivity contribution in [3.05, 3.63) is 35.4 Å². The molecule has 0 saturated carbocycles. The first-order valence-corrected chi connectivity index (χ1v) is 9.88. The highest BCUT2D eigenvalue weighted by molar-refractivity contribution is 6.07. The number of hydrogen-bond donors (Lipinski definition) is 1. The lowest BCUT2D eigenvalue weighted by Gasteiger charge is -2.38. The fraction of sp³-hybridized carbons (Fsp3) is 0.571. The van der Waals surface area contributed by atoms with Crippen molar-refractivity contribution in [3.63, 3.8) is 0 Å². The number of nitrogens with zero attached hydrogens (tertiary/aromatic N) is 2. The number of amides is 4. The topological polar surface area (TPSA) is 69.7 Å². The number of hydrogen-bond acceptors (Lipinski definition) is 3. The van der Waals surface area contributed by atoms with E-state index >= 15 is 0 Å². The minimum atomic E-state index is -0.855. The van der Waals surface area contributed by atoms with E-state index < -0.39 is 5.54 Å². The SMILES string of the molecule is CCC(CC)C(=O)N1CCC2(CC1)NC(=O)N(Cc1ccc(C)cc1)C2=O. The van der Waals surface area contributed by atoms with Crippen LogP contribution in [-0.2, 0) is 16.1 Å². The Balaban J connectivity index is 1.66. The van der Waals surface area contributed by atoms with Gasteiger partial charge in [-0.25, -0.2) is 4.79 Å². The Bertz CT molecular complexity index is 717. The summed E-state index contributed by atoms with van der Waals surface area (Å²) < 4.78 is 0. The highest BCUT2D eigenvalue weighted by atomic mass is 16.2. The molecule has 1 aromatic rings. The van der Waals surface area contributed by atoms with E-state index in [4.69, 9.17) is 0 Å². The molecule has 4 amide bonds. The van der Waals surface area contributed by atoms with E-state index in [0.29, 0.717) is 25.9 Å². The summed E-state index contributed by atoms with van der Waals surface area (Å²) in [4.78, 5) is 41.2. The number of rotatable bonds is 5. The van der Waals surface area contributed by atoms with Gasteiger partial charge < -0.3 is 10.2 Å². The molecule has 6 heteroatoms. The zero-order valence-corrected chi connectivity index (χ0v) is 16.5. The lowest BCUT2D eigenvalue weighted by atomic mass is 9.86. The van der Waals surface area contributed by atoms with E-state index in [1.165, 1.54) is 4.90 Å². The van der Waals surface area contributed by atoms with Crippen LogP contribution >= 0.6 is 0 Å². The lowest BCUT2D eigenvalue weighted by molar-refractivity contribution is -0.141. The van der Waals surface area contributed by atoms with Gasteiger partial charge in [0, 0.05) is 19.0 Å². The second-order valence-electron chi connectivity index (χ2n) is 7.73. The van der Waals surface area contributed by atoms with Gasteiger partial charge in [0.15, 0.2) is 0 Å². The maximum absolute atomic E-state index is 13.0. The highest BCUT2D eigenvalue weighted by Crippen LogP contribution is 2.31. The van der Waals surface area contributed by atoms with Crippen LogP contribution in [0.1, 0.15) is 50.7 Å². The summed E-state index contributed by atoms with van der Waals surface area (Å²) in [5.41, 5.74) is 1.22. The molecule has 2 fully saturated rings. The number of imide groups is 1. The van der Waals surface area contributed by atoms with Gasteiger partial charge in [0.05, 0.1) is 6.54 Å². The van der Waals surface area contributed by atoms with E-state index in [0.717, 1.165) is 24.0 Å². The molecule has 6 nitrogen and oxygen atoms in total. The average Bonchev–Trinajstić information content (AvgIpc) is 2.89. The van der Waals surface area contributed by atoms with Gasteiger partial charge in [-0.15, -0.1) is 0 Å². The van der Waals surface area contributed by atoms with Gasteiger partial charge in [0.25, 0.3) is 5.91 Å². The zero-order valence-electron chi connectivity index (χ0n) is 16.5. The molecule has 0 unspecified atom stereocenters. The minimum Gasteiger partial charge on any atom is -0.342 e. The number of carbonyl (C=O) groups excluding carboxylic acids is 3. The van der Waals surface area contributed by atoms with Crippen LogP contribution in [0, 0.1) is 12.8 Å². The Kier molecular flexibility index (Phi) is 5.53. The molecular formula is C21H29N3O3. The number of benzene rings is 1. The van der Waals surface area contributed by atoms with Crippen molar-refractivity contribution in [1.82, 2.24) is 15.1 Å². The quantitative estimate of drug-likeness (QED) is 0.809. The average molecular weight is 371 g/mol. The highest BCUT2D eigenvalue weighted by Gasteiger charge is 2.52. The van der Waals surface area contributed by atoms with Gasteiger partial charge in [-0.1, -0.05) is 43.7 Å². The molecule has 146 valence electrons. The third kappa shape index (κ3) is 3.70. The van der Waals surface area contributed by atoms with Gasteiger partial charge in [-0.2, -0.15) is 0 Å². The second kappa shape index (κ2) is 7.71. The molecule has 0 aromatic heterocycles. The molecule has 2 aliphatic rings. The van der Waals surface area contributed by atoms with Gasteiger partial charge in [0.2, 0.25) is 5.91 Å². The van der Waals surface area contributed by atoms with Crippen LogP contribution < -0.4 is 5.32 Å². The molecular weight excluding hydrogens is 342 g/mol. The maximum Gasteiger partial charge on any atom is 0.325 e. The number of carbonyl (C=O) groups is 3. The molecule has 1 spiro atoms. The van der Waals surface area contributed by atoms with Crippen LogP contribution in [0.15, 0.2) is 24.3 Å². The summed E-state index contributed by atoms with van der Waals surface area (Å²) in [6.45, 7) is 7.37. The van der Waals surface area contributed by atoms with Crippen molar-refractivity contribution in [3.8, 4) is 0 Å². The molecule has 0 radical (unpaired) electrons.